The molecule has 0 spiro atoms. The quantitative estimate of drug-likeness (QED) is 0.898. The molecule has 4 heterocycles. The second kappa shape index (κ2) is 5.84. The van der Waals surface area contributed by atoms with E-state index in [1.807, 2.05) is 4.90 Å². The van der Waals surface area contributed by atoms with Gasteiger partial charge in [0.25, 0.3) is 11.8 Å². The monoisotopic (exact) mass is 358 g/mol. The highest BCUT2D eigenvalue weighted by Crippen LogP contribution is 2.48. The molecule has 4 fully saturated rings. The highest BCUT2D eigenvalue weighted by Gasteiger charge is 2.57. The number of rotatable bonds is 3. The molecule has 2 amide bonds. The second-order valence-electron chi connectivity index (χ2n) is 8.54. The molecule has 1 N–H and O–H groups in total. The van der Waals surface area contributed by atoms with Gasteiger partial charge in [-0.3, -0.25) is 9.59 Å². The van der Waals surface area contributed by atoms with Crippen LogP contribution in [0.15, 0.2) is 10.7 Å². The molecule has 0 radical (unpaired) electrons. The van der Waals surface area contributed by atoms with Crippen molar-refractivity contribution in [3.63, 3.8) is 0 Å². The van der Waals surface area contributed by atoms with Gasteiger partial charge in [-0.2, -0.15) is 0 Å². The lowest BCUT2D eigenvalue weighted by Crippen LogP contribution is -2.57. The van der Waals surface area contributed by atoms with Gasteiger partial charge >= 0.3 is 0 Å². The van der Waals surface area contributed by atoms with Gasteiger partial charge in [0.05, 0.1) is 12.9 Å². The minimum absolute atomic E-state index is 0.00461. The minimum Gasteiger partial charge on any atom is -0.459 e. The van der Waals surface area contributed by atoms with E-state index in [1.54, 1.807) is 6.26 Å². The molecule has 1 saturated carbocycles. The molecule has 6 rings (SSSR count). The van der Waals surface area contributed by atoms with Crippen LogP contribution in [-0.2, 0) is 22.4 Å². The Bertz CT molecular complexity index is 743. The molecule has 2 aliphatic carbocycles. The molecule has 1 aromatic rings. The van der Waals surface area contributed by atoms with Crippen LogP contribution in [0.4, 0.5) is 0 Å². The molecule has 3 aliphatic heterocycles. The van der Waals surface area contributed by atoms with Gasteiger partial charge in [0, 0.05) is 24.2 Å². The number of hydrogen-bond acceptors (Lipinski definition) is 4. The molecular formula is C20H26N2O4. The van der Waals surface area contributed by atoms with Gasteiger partial charge in [-0.25, -0.2) is 0 Å². The van der Waals surface area contributed by atoms with Gasteiger partial charge < -0.3 is 19.4 Å². The Morgan fingerprint density at radius 3 is 2.88 bits per heavy atom. The van der Waals surface area contributed by atoms with E-state index >= 15 is 0 Å². The average molecular weight is 358 g/mol. The van der Waals surface area contributed by atoms with Crippen molar-refractivity contribution in [1.82, 2.24) is 10.2 Å². The van der Waals surface area contributed by atoms with Crippen molar-refractivity contribution in [2.24, 2.45) is 5.92 Å². The number of carbonyl (C=O) groups is 2. The Kier molecular flexibility index (Phi) is 3.68. The smallest absolute Gasteiger partial charge is 0.290 e. The number of piperidine rings is 1. The zero-order chi connectivity index (χ0) is 17.9. The molecule has 5 aliphatic rings. The van der Waals surface area contributed by atoms with Crippen LogP contribution >= 0.6 is 0 Å². The van der Waals surface area contributed by atoms with Crippen LogP contribution in [0.3, 0.4) is 0 Å². The van der Waals surface area contributed by atoms with Crippen molar-refractivity contribution >= 4 is 11.8 Å². The average Bonchev–Trinajstić information content (AvgIpc) is 3.33. The van der Waals surface area contributed by atoms with E-state index in [0.717, 1.165) is 57.1 Å². The Morgan fingerprint density at radius 2 is 2.15 bits per heavy atom. The van der Waals surface area contributed by atoms with Crippen molar-refractivity contribution in [3.05, 3.63) is 23.2 Å². The summed E-state index contributed by atoms with van der Waals surface area (Å²) in [6.45, 7) is 3.43. The van der Waals surface area contributed by atoms with Crippen molar-refractivity contribution < 1.29 is 18.7 Å². The van der Waals surface area contributed by atoms with Gasteiger partial charge in [0.1, 0.15) is 5.60 Å². The normalized spacial score (nSPS) is 35.1. The fraction of sp³-hybridized carbons (Fsp3) is 0.700. The predicted molar refractivity (Wildman–Crippen MR) is 93.8 cm³/mol. The molecule has 0 aromatic carbocycles. The van der Waals surface area contributed by atoms with Crippen LogP contribution in [0, 0.1) is 5.92 Å². The van der Waals surface area contributed by atoms with Crippen molar-refractivity contribution in [1.29, 1.82) is 0 Å². The third-order valence-electron chi connectivity index (χ3n) is 6.77. The van der Waals surface area contributed by atoms with E-state index < -0.39 is 5.60 Å². The van der Waals surface area contributed by atoms with Crippen LogP contribution in [0.25, 0.3) is 0 Å². The number of aryl methyl sites for hydroxylation is 1. The summed E-state index contributed by atoms with van der Waals surface area (Å²) in [5, 5.41) is 3.18. The fourth-order valence-electron chi connectivity index (χ4n) is 5.23. The first kappa shape index (κ1) is 16.4. The van der Waals surface area contributed by atoms with Crippen LogP contribution in [0.1, 0.15) is 60.7 Å². The second-order valence-corrected chi connectivity index (χ2v) is 8.54. The molecule has 26 heavy (non-hydrogen) atoms. The number of likely N-dealkylation sites (tertiary alicyclic amines) is 1. The summed E-state index contributed by atoms with van der Waals surface area (Å²) in [7, 11) is 0. The van der Waals surface area contributed by atoms with Gasteiger partial charge in [0.15, 0.2) is 5.76 Å². The number of furan rings is 1. The molecule has 6 nitrogen and oxygen atoms in total. The Balaban J connectivity index is 1.21. The summed E-state index contributed by atoms with van der Waals surface area (Å²) in [4.78, 5) is 27.4. The van der Waals surface area contributed by atoms with Gasteiger partial charge in [-0.1, -0.05) is 0 Å². The molecular weight excluding hydrogens is 332 g/mol. The lowest BCUT2D eigenvalue weighted by atomic mass is 9.74. The zero-order valence-electron chi connectivity index (χ0n) is 15.3. The standard InChI is InChI=1S/C20H26N2O4/c1-12-7-15(21-19(24)20-8-13(9-20)10-26-20)5-6-22(12)18(23)17-16-4-2-3-14(16)11-25-17/h11-13,15H,2-10H2,1H3,(H,21,24). The SMILES string of the molecule is CC1CC(NC(=O)C23CC(CO2)C3)CCN1C(=O)c1occ2c1CCC2. The van der Waals surface area contributed by atoms with Crippen molar-refractivity contribution in [2.45, 2.75) is 69.6 Å². The maximum absolute atomic E-state index is 13.0. The van der Waals surface area contributed by atoms with E-state index in [-0.39, 0.29) is 23.9 Å². The predicted octanol–water partition coefficient (Wildman–Crippen LogP) is 2.06. The maximum atomic E-state index is 13.0. The summed E-state index contributed by atoms with van der Waals surface area (Å²) in [6, 6.07) is 0.196. The summed E-state index contributed by atoms with van der Waals surface area (Å²) in [6.07, 6.45) is 8.11. The molecule has 2 atom stereocenters. The van der Waals surface area contributed by atoms with Crippen LogP contribution in [-0.4, -0.2) is 47.6 Å². The first-order valence-corrected chi connectivity index (χ1v) is 9.91. The highest BCUT2D eigenvalue weighted by atomic mass is 16.5. The van der Waals surface area contributed by atoms with E-state index in [0.29, 0.717) is 18.2 Å². The number of fused-ring (bicyclic) bond motifs is 2. The number of ether oxygens (including phenoxy) is 1. The van der Waals surface area contributed by atoms with Gasteiger partial charge in [-0.15, -0.1) is 0 Å². The van der Waals surface area contributed by atoms with Crippen LogP contribution in [0.2, 0.25) is 0 Å². The van der Waals surface area contributed by atoms with Crippen molar-refractivity contribution in [3.8, 4) is 0 Å². The number of hydrogen-bond donors (Lipinski definition) is 1. The first-order valence-electron chi connectivity index (χ1n) is 9.91. The van der Waals surface area contributed by atoms with Crippen LogP contribution in [0.5, 0.6) is 0 Å². The van der Waals surface area contributed by atoms with E-state index in [4.69, 9.17) is 9.15 Å². The number of amides is 2. The molecule has 6 heteroatoms. The first-order chi connectivity index (χ1) is 12.6. The summed E-state index contributed by atoms with van der Waals surface area (Å²) < 4.78 is 11.3. The third-order valence-corrected chi connectivity index (χ3v) is 6.77. The number of carbonyl (C=O) groups excluding carboxylic acids is 2. The van der Waals surface area contributed by atoms with Gasteiger partial charge in [0.2, 0.25) is 0 Å². The van der Waals surface area contributed by atoms with E-state index in [1.165, 1.54) is 5.56 Å². The molecule has 1 aromatic heterocycles. The highest BCUT2D eigenvalue weighted by molar-refractivity contribution is 5.94. The molecule has 2 bridgehead atoms. The lowest BCUT2D eigenvalue weighted by Gasteiger charge is -2.40. The van der Waals surface area contributed by atoms with E-state index in [2.05, 4.69) is 12.2 Å². The summed E-state index contributed by atoms with van der Waals surface area (Å²) in [5.74, 6) is 1.16. The molecule has 140 valence electrons. The zero-order valence-corrected chi connectivity index (χ0v) is 15.3. The summed E-state index contributed by atoms with van der Waals surface area (Å²) >= 11 is 0. The van der Waals surface area contributed by atoms with Crippen molar-refractivity contribution in [2.75, 3.05) is 13.2 Å². The largest absolute Gasteiger partial charge is 0.459 e. The van der Waals surface area contributed by atoms with Crippen LogP contribution < -0.4 is 5.32 Å². The third kappa shape index (κ3) is 2.42. The Hall–Kier alpha value is -1.82. The number of nitrogens with zero attached hydrogens (tertiary/aromatic N) is 1. The number of nitrogens with one attached hydrogen (secondary N) is 1. The lowest BCUT2D eigenvalue weighted by molar-refractivity contribution is -0.144. The summed E-state index contributed by atoms with van der Waals surface area (Å²) in [5.41, 5.74) is 1.75. The maximum Gasteiger partial charge on any atom is 0.290 e. The Morgan fingerprint density at radius 1 is 1.31 bits per heavy atom. The molecule has 3 saturated heterocycles. The van der Waals surface area contributed by atoms with Gasteiger partial charge in [-0.05, 0) is 63.4 Å². The molecule has 2 unspecified atom stereocenters. The Labute approximate surface area is 153 Å². The van der Waals surface area contributed by atoms with E-state index in [9.17, 15) is 9.59 Å². The topological polar surface area (TPSA) is 71.8 Å². The fourth-order valence-corrected chi connectivity index (χ4v) is 5.23. The minimum atomic E-state index is -0.546.